The molecule has 0 heterocycles. The van der Waals surface area contributed by atoms with E-state index in [2.05, 4.69) is 5.32 Å². The Hall–Kier alpha value is -1.44. The Morgan fingerprint density at radius 2 is 1.79 bits per heavy atom. The van der Waals surface area contributed by atoms with Crippen molar-refractivity contribution in [3.05, 3.63) is 29.8 Å². The fraction of sp³-hybridized carbons (Fsp3) is 0.417. The molecule has 5 N–H and O–H groups in total. The van der Waals surface area contributed by atoms with Crippen molar-refractivity contribution in [2.24, 2.45) is 16.8 Å². The Kier molecular flexibility index (Phi) is 5.04. The Labute approximate surface area is 113 Å². The van der Waals surface area contributed by atoms with Gasteiger partial charge in [0.1, 0.15) is 0 Å². The molecule has 0 saturated carbocycles. The van der Waals surface area contributed by atoms with Crippen LogP contribution in [0, 0.1) is 5.92 Å². The molecule has 1 atom stereocenters. The standard InChI is InChI=1S/C12H19N3O3S/c1-8(2)11(13)12(16)15-7-9-3-5-10(6-4-9)19(14,17)18/h3-6,8,11H,7,13H2,1-2H3,(H,15,16)(H2,14,17,18). The van der Waals surface area contributed by atoms with Gasteiger partial charge in [-0.2, -0.15) is 0 Å². The fourth-order valence-corrected chi connectivity index (χ4v) is 1.92. The van der Waals surface area contributed by atoms with Crippen LogP contribution in [0.1, 0.15) is 19.4 Å². The van der Waals surface area contributed by atoms with Crippen molar-refractivity contribution < 1.29 is 13.2 Å². The molecule has 0 fully saturated rings. The maximum atomic E-state index is 11.6. The molecule has 0 aromatic heterocycles. The van der Waals surface area contributed by atoms with Crippen LogP contribution in [-0.2, 0) is 21.4 Å². The molecule has 1 unspecified atom stereocenters. The molecular formula is C12H19N3O3S. The summed E-state index contributed by atoms with van der Waals surface area (Å²) in [6, 6.07) is 5.45. The van der Waals surface area contributed by atoms with Gasteiger partial charge in [0.15, 0.2) is 0 Å². The van der Waals surface area contributed by atoms with Gasteiger partial charge >= 0.3 is 0 Å². The number of amides is 1. The minimum absolute atomic E-state index is 0.0430. The molecule has 106 valence electrons. The van der Waals surface area contributed by atoms with Crippen molar-refractivity contribution in [3.8, 4) is 0 Å². The molecule has 0 aliphatic carbocycles. The quantitative estimate of drug-likeness (QED) is 0.702. The van der Waals surface area contributed by atoms with Crippen LogP contribution in [0.5, 0.6) is 0 Å². The summed E-state index contributed by atoms with van der Waals surface area (Å²) in [5.41, 5.74) is 6.47. The van der Waals surface area contributed by atoms with Crippen LogP contribution < -0.4 is 16.2 Å². The van der Waals surface area contributed by atoms with Crippen LogP contribution in [0.3, 0.4) is 0 Å². The number of hydrogen-bond acceptors (Lipinski definition) is 4. The Morgan fingerprint density at radius 1 is 1.26 bits per heavy atom. The number of carbonyl (C=O) groups excluding carboxylic acids is 1. The second-order valence-corrected chi connectivity index (χ2v) is 6.24. The average Bonchev–Trinajstić information content (AvgIpc) is 2.34. The number of hydrogen-bond donors (Lipinski definition) is 3. The minimum Gasteiger partial charge on any atom is -0.351 e. The number of benzene rings is 1. The van der Waals surface area contributed by atoms with E-state index in [4.69, 9.17) is 10.9 Å². The summed E-state index contributed by atoms with van der Waals surface area (Å²) in [6.45, 7) is 4.03. The Morgan fingerprint density at radius 3 is 2.21 bits per heavy atom. The lowest BCUT2D eigenvalue weighted by molar-refractivity contribution is -0.123. The summed E-state index contributed by atoms with van der Waals surface area (Å²) in [5, 5.41) is 7.68. The molecule has 0 aliphatic heterocycles. The van der Waals surface area contributed by atoms with Crippen molar-refractivity contribution in [2.75, 3.05) is 0 Å². The minimum atomic E-state index is -3.68. The monoisotopic (exact) mass is 285 g/mol. The van der Waals surface area contributed by atoms with E-state index in [1.165, 1.54) is 12.1 Å². The van der Waals surface area contributed by atoms with Crippen molar-refractivity contribution >= 4 is 15.9 Å². The summed E-state index contributed by atoms with van der Waals surface area (Å²) in [4.78, 5) is 11.7. The van der Waals surface area contributed by atoms with Gasteiger partial charge in [-0.3, -0.25) is 4.79 Å². The molecule has 0 aliphatic rings. The van der Waals surface area contributed by atoms with E-state index in [-0.39, 0.29) is 16.7 Å². The highest BCUT2D eigenvalue weighted by Gasteiger charge is 2.16. The van der Waals surface area contributed by atoms with Gasteiger partial charge in [0.05, 0.1) is 10.9 Å². The van der Waals surface area contributed by atoms with Crippen LogP contribution in [0.4, 0.5) is 0 Å². The Bertz CT molecular complexity index is 538. The maximum Gasteiger partial charge on any atom is 0.238 e. The number of primary sulfonamides is 1. The van der Waals surface area contributed by atoms with E-state index in [1.54, 1.807) is 12.1 Å². The topological polar surface area (TPSA) is 115 Å². The van der Waals surface area contributed by atoms with Gasteiger partial charge < -0.3 is 11.1 Å². The van der Waals surface area contributed by atoms with Gasteiger partial charge in [-0.05, 0) is 23.6 Å². The van der Waals surface area contributed by atoms with E-state index in [0.717, 1.165) is 5.56 Å². The molecule has 1 aromatic carbocycles. The zero-order valence-electron chi connectivity index (χ0n) is 11.0. The first-order chi connectivity index (χ1) is 8.71. The number of rotatable bonds is 5. The molecule has 1 rings (SSSR count). The molecule has 1 amide bonds. The molecule has 6 nitrogen and oxygen atoms in total. The van der Waals surface area contributed by atoms with Gasteiger partial charge in [-0.15, -0.1) is 0 Å². The largest absolute Gasteiger partial charge is 0.351 e. The van der Waals surface area contributed by atoms with Gasteiger partial charge in [0.25, 0.3) is 0 Å². The number of nitrogens with one attached hydrogen (secondary N) is 1. The zero-order valence-corrected chi connectivity index (χ0v) is 11.8. The first-order valence-electron chi connectivity index (χ1n) is 5.87. The zero-order chi connectivity index (χ0) is 14.6. The van der Waals surface area contributed by atoms with E-state index < -0.39 is 16.1 Å². The SMILES string of the molecule is CC(C)C(N)C(=O)NCc1ccc(S(N)(=O)=O)cc1. The molecular weight excluding hydrogens is 266 g/mol. The molecule has 0 saturated heterocycles. The molecule has 19 heavy (non-hydrogen) atoms. The molecule has 1 aromatic rings. The van der Waals surface area contributed by atoms with Crippen LogP contribution in [-0.4, -0.2) is 20.4 Å². The smallest absolute Gasteiger partial charge is 0.238 e. The average molecular weight is 285 g/mol. The fourth-order valence-electron chi connectivity index (χ4n) is 1.41. The van der Waals surface area contributed by atoms with Crippen molar-refractivity contribution in [3.63, 3.8) is 0 Å². The summed E-state index contributed by atoms with van der Waals surface area (Å²) in [7, 11) is -3.68. The van der Waals surface area contributed by atoms with Gasteiger partial charge in [0, 0.05) is 6.54 Å². The lowest BCUT2D eigenvalue weighted by Gasteiger charge is -2.15. The molecule has 7 heteroatoms. The van der Waals surface area contributed by atoms with E-state index >= 15 is 0 Å². The van der Waals surface area contributed by atoms with Crippen molar-refractivity contribution in [1.29, 1.82) is 0 Å². The van der Waals surface area contributed by atoms with Gasteiger partial charge in [0.2, 0.25) is 15.9 Å². The third-order valence-electron chi connectivity index (χ3n) is 2.74. The second-order valence-electron chi connectivity index (χ2n) is 4.68. The Balaban J connectivity index is 2.63. The summed E-state index contributed by atoms with van der Waals surface area (Å²) in [5.74, 6) is -0.171. The predicted octanol–water partition coefficient (Wildman–Crippen LogP) is -0.0665. The lowest BCUT2D eigenvalue weighted by atomic mass is 10.0. The normalized spacial score (nSPS) is 13.3. The highest BCUT2D eigenvalue weighted by atomic mass is 32.2. The summed E-state index contributed by atoms with van der Waals surface area (Å²) in [6.07, 6.45) is 0. The third kappa shape index (κ3) is 4.62. The highest BCUT2D eigenvalue weighted by molar-refractivity contribution is 7.89. The van der Waals surface area contributed by atoms with E-state index in [9.17, 15) is 13.2 Å². The van der Waals surface area contributed by atoms with Crippen LogP contribution in [0.25, 0.3) is 0 Å². The third-order valence-corrected chi connectivity index (χ3v) is 3.67. The van der Waals surface area contributed by atoms with Crippen LogP contribution in [0.15, 0.2) is 29.2 Å². The first kappa shape index (κ1) is 15.6. The second kappa shape index (κ2) is 6.14. The predicted molar refractivity (Wildman–Crippen MR) is 72.5 cm³/mol. The number of nitrogens with two attached hydrogens (primary N) is 2. The maximum absolute atomic E-state index is 11.6. The van der Waals surface area contributed by atoms with Crippen molar-refractivity contribution in [1.82, 2.24) is 5.32 Å². The van der Waals surface area contributed by atoms with Crippen LogP contribution in [0.2, 0.25) is 0 Å². The van der Waals surface area contributed by atoms with Gasteiger partial charge in [-0.25, -0.2) is 13.6 Å². The van der Waals surface area contributed by atoms with E-state index in [1.807, 2.05) is 13.8 Å². The summed E-state index contributed by atoms with van der Waals surface area (Å²) >= 11 is 0. The van der Waals surface area contributed by atoms with E-state index in [0.29, 0.717) is 6.54 Å². The van der Waals surface area contributed by atoms with Crippen molar-refractivity contribution in [2.45, 2.75) is 31.3 Å². The number of carbonyl (C=O) groups is 1. The molecule has 0 radical (unpaired) electrons. The first-order valence-corrected chi connectivity index (χ1v) is 7.41. The molecule has 0 spiro atoms. The summed E-state index contributed by atoms with van der Waals surface area (Å²) < 4.78 is 22.1. The number of sulfonamides is 1. The highest BCUT2D eigenvalue weighted by Crippen LogP contribution is 2.08. The van der Waals surface area contributed by atoms with Gasteiger partial charge in [-0.1, -0.05) is 26.0 Å². The molecule has 0 bridgehead atoms. The lowest BCUT2D eigenvalue weighted by Crippen LogP contribution is -2.43. The van der Waals surface area contributed by atoms with Crippen LogP contribution >= 0.6 is 0 Å².